The van der Waals surface area contributed by atoms with E-state index in [1.54, 1.807) is 13.1 Å². The topological polar surface area (TPSA) is 65.5 Å². The van der Waals surface area contributed by atoms with Crippen LogP contribution >= 0.6 is 0 Å². The molecule has 3 N–H and O–H groups in total. The van der Waals surface area contributed by atoms with Crippen LogP contribution in [-0.2, 0) is 4.79 Å². The van der Waals surface area contributed by atoms with Crippen LogP contribution in [0, 0.1) is 0 Å². The molecule has 0 aromatic carbocycles. The van der Waals surface area contributed by atoms with Crippen molar-refractivity contribution in [1.82, 2.24) is 16.0 Å². The molecule has 0 radical (unpaired) electrons. The van der Waals surface area contributed by atoms with E-state index in [0.717, 1.165) is 12.8 Å². The summed E-state index contributed by atoms with van der Waals surface area (Å²) in [6.45, 7) is 4.88. The van der Waals surface area contributed by atoms with E-state index in [9.17, 15) is 4.79 Å². The Balaban J connectivity index is 2.13. The van der Waals surface area contributed by atoms with Crippen LogP contribution < -0.4 is 16.0 Å². The summed E-state index contributed by atoms with van der Waals surface area (Å²) < 4.78 is 0. The first-order valence-corrected chi connectivity index (χ1v) is 7.11. The molecule has 1 aliphatic rings. The van der Waals surface area contributed by atoms with E-state index < -0.39 is 0 Å². The Bertz CT molecular complexity index is 309. The summed E-state index contributed by atoms with van der Waals surface area (Å²) in [4.78, 5) is 15.8. The SMILES string of the molecule is C=CCNC(=NC)NCCC(=O)NC1CCCCC1. The highest BCUT2D eigenvalue weighted by atomic mass is 16.1. The Morgan fingerprint density at radius 2 is 2.05 bits per heavy atom. The van der Waals surface area contributed by atoms with Crippen LogP contribution in [0.1, 0.15) is 38.5 Å². The summed E-state index contributed by atoms with van der Waals surface area (Å²) in [5.74, 6) is 0.823. The largest absolute Gasteiger partial charge is 0.356 e. The highest BCUT2D eigenvalue weighted by Crippen LogP contribution is 2.17. The van der Waals surface area contributed by atoms with Crippen molar-refractivity contribution in [2.45, 2.75) is 44.6 Å². The third kappa shape index (κ3) is 6.84. The Morgan fingerprint density at radius 1 is 1.32 bits per heavy atom. The van der Waals surface area contributed by atoms with E-state index in [2.05, 4.69) is 27.5 Å². The Morgan fingerprint density at radius 3 is 2.68 bits per heavy atom. The number of nitrogens with zero attached hydrogens (tertiary/aromatic N) is 1. The zero-order chi connectivity index (χ0) is 13.9. The molecule has 19 heavy (non-hydrogen) atoms. The summed E-state index contributed by atoms with van der Waals surface area (Å²) in [6.07, 6.45) is 8.28. The van der Waals surface area contributed by atoms with Gasteiger partial charge in [-0.3, -0.25) is 9.79 Å². The number of hydrogen-bond donors (Lipinski definition) is 3. The molecule has 0 aliphatic heterocycles. The molecule has 0 spiro atoms. The lowest BCUT2D eigenvalue weighted by Gasteiger charge is -2.22. The zero-order valence-corrected chi connectivity index (χ0v) is 11.9. The average molecular weight is 266 g/mol. The summed E-state index contributed by atoms with van der Waals surface area (Å²) in [7, 11) is 1.71. The minimum absolute atomic E-state index is 0.124. The van der Waals surface area contributed by atoms with E-state index in [4.69, 9.17) is 0 Å². The zero-order valence-electron chi connectivity index (χ0n) is 11.9. The predicted octanol–water partition coefficient (Wildman–Crippen LogP) is 1.18. The maximum absolute atomic E-state index is 11.8. The molecule has 0 saturated heterocycles. The second kappa shape index (κ2) is 9.42. The van der Waals surface area contributed by atoms with Crippen LogP contribution in [0.5, 0.6) is 0 Å². The van der Waals surface area contributed by atoms with Gasteiger partial charge in [0.2, 0.25) is 5.91 Å². The van der Waals surface area contributed by atoms with Gasteiger partial charge in [0.25, 0.3) is 0 Å². The van der Waals surface area contributed by atoms with Gasteiger partial charge in [-0.05, 0) is 12.8 Å². The minimum atomic E-state index is 0.124. The lowest BCUT2D eigenvalue weighted by atomic mass is 9.95. The fourth-order valence-electron chi connectivity index (χ4n) is 2.23. The van der Waals surface area contributed by atoms with Crippen LogP contribution in [0.3, 0.4) is 0 Å². The number of amides is 1. The molecule has 1 saturated carbocycles. The van der Waals surface area contributed by atoms with Gasteiger partial charge in [0.05, 0.1) is 0 Å². The van der Waals surface area contributed by atoms with Crippen LogP contribution in [-0.4, -0.2) is 38.0 Å². The lowest BCUT2D eigenvalue weighted by Crippen LogP contribution is -2.41. The summed E-state index contributed by atoms with van der Waals surface area (Å²) in [5.41, 5.74) is 0. The van der Waals surface area contributed by atoms with Crippen LogP contribution in [0.15, 0.2) is 17.6 Å². The predicted molar refractivity (Wildman–Crippen MR) is 79.2 cm³/mol. The number of carbonyl (C=O) groups excluding carboxylic acids is 1. The average Bonchev–Trinajstić information content (AvgIpc) is 2.43. The standard InChI is InChI=1S/C14H26N4O/c1-3-10-16-14(15-2)17-11-9-13(19)18-12-7-5-4-6-8-12/h3,12H,1,4-11H2,2H3,(H,18,19)(H2,15,16,17). The Labute approximate surface area is 115 Å². The third-order valence-electron chi connectivity index (χ3n) is 3.25. The molecule has 0 aromatic heterocycles. The smallest absolute Gasteiger partial charge is 0.221 e. The maximum Gasteiger partial charge on any atom is 0.221 e. The van der Waals surface area contributed by atoms with Crippen molar-refractivity contribution >= 4 is 11.9 Å². The van der Waals surface area contributed by atoms with Crippen molar-refractivity contribution in [3.05, 3.63) is 12.7 Å². The Kier molecular flexibility index (Phi) is 7.70. The highest BCUT2D eigenvalue weighted by Gasteiger charge is 2.15. The van der Waals surface area contributed by atoms with Gasteiger partial charge in [0.15, 0.2) is 5.96 Å². The first-order valence-electron chi connectivity index (χ1n) is 7.11. The van der Waals surface area contributed by atoms with Gasteiger partial charge in [-0.2, -0.15) is 0 Å². The molecule has 5 heteroatoms. The second-order valence-corrected chi connectivity index (χ2v) is 4.82. The van der Waals surface area contributed by atoms with E-state index in [-0.39, 0.29) is 5.91 Å². The van der Waals surface area contributed by atoms with Gasteiger partial charge < -0.3 is 16.0 Å². The number of guanidine groups is 1. The molecule has 1 aliphatic carbocycles. The summed E-state index contributed by atoms with van der Waals surface area (Å²) in [6, 6.07) is 0.388. The lowest BCUT2D eigenvalue weighted by molar-refractivity contribution is -0.121. The first-order chi connectivity index (χ1) is 9.26. The van der Waals surface area contributed by atoms with Crippen molar-refractivity contribution in [2.24, 2.45) is 4.99 Å². The van der Waals surface area contributed by atoms with E-state index in [0.29, 0.717) is 31.5 Å². The van der Waals surface area contributed by atoms with Crippen LogP contribution in [0.4, 0.5) is 0 Å². The third-order valence-corrected chi connectivity index (χ3v) is 3.25. The number of nitrogens with one attached hydrogen (secondary N) is 3. The molecule has 1 amide bonds. The van der Waals surface area contributed by atoms with Gasteiger partial charge in [0, 0.05) is 32.6 Å². The molecule has 0 heterocycles. The van der Waals surface area contributed by atoms with Crippen LogP contribution in [0.2, 0.25) is 0 Å². The van der Waals surface area contributed by atoms with E-state index in [1.807, 2.05) is 0 Å². The van der Waals surface area contributed by atoms with Crippen molar-refractivity contribution in [3.63, 3.8) is 0 Å². The van der Waals surface area contributed by atoms with Gasteiger partial charge >= 0.3 is 0 Å². The number of aliphatic imine (C=N–C) groups is 1. The van der Waals surface area contributed by atoms with Gasteiger partial charge in [-0.15, -0.1) is 6.58 Å². The first kappa shape index (κ1) is 15.5. The fourth-order valence-corrected chi connectivity index (χ4v) is 2.23. The number of rotatable bonds is 6. The summed E-state index contributed by atoms with van der Waals surface area (Å²) >= 11 is 0. The molecule has 0 aromatic rings. The Hall–Kier alpha value is -1.52. The molecular formula is C14H26N4O. The minimum Gasteiger partial charge on any atom is -0.356 e. The fraction of sp³-hybridized carbons (Fsp3) is 0.714. The molecule has 1 rings (SSSR count). The normalized spacial score (nSPS) is 16.8. The monoisotopic (exact) mass is 266 g/mol. The molecule has 0 unspecified atom stereocenters. The van der Waals surface area contributed by atoms with E-state index >= 15 is 0 Å². The van der Waals surface area contributed by atoms with Crippen molar-refractivity contribution in [2.75, 3.05) is 20.1 Å². The molecule has 0 atom stereocenters. The maximum atomic E-state index is 11.8. The molecular weight excluding hydrogens is 240 g/mol. The second-order valence-electron chi connectivity index (χ2n) is 4.82. The van der Waals surface area contributed by atoms with Crippen molar-refractivity contribution < 1.29 is 4.79 Å². The van der Waals surface area contributed by atoms with Gasteiger partial charge in [-0.1, -0.05) is 25.3 Å². The molecule has 108 valence electrons. The molecule has 1 fully saturated rings. The summed E-state index contributed by atoms with van der Waals surface area (Å²) in [5, 5.41) is 9.26. The highest BCUT2D eigenvalue weighted by molar-refractivity contribution is 5.81. The van der Waals surface area contributed by atoms with E-state index in [1.165, 1.54) is 19.3 Å². The van der Waals surface area contributed by atoms with Crippen LogP contribution in [0.25, 0.3) is 0 Å². The molecule has 5 nitrogen and oxygen atoms in total. The number of carbonyl (C=O) groups is 1. The number of hydrogen-bond acceptors (Lipinski definition) is 2. The van der Waals surface area contributed by atoms with Gasteiger partial charge in [-0.25, -0.2) is 0 Å². The van der Waals surface area contributed by atoms with Crippen molar-refractivity contribution in [3.8, 4) is 0 Å². The van der Waals surface area contributed by atoms with Gasteiger partial charge in [0.1, 0.15) is 0 Å². The quantitative estimate of drug-likeness (QED) is 0.384. The molecule has 0 bridgehead atoms. The van der Waals surface area contributed by atoms with Crippen molar-refractivity contribution in [1.29, 1.82) is 0 Å².